The molecule has 3 aromatic rings. The Hall–Kier alpha value is -2.70. The summed E-state index contributed by atoms with van der Waals surface area (Å²) in [5, 5.41) is 14.2. The first-order valence-electron chi connectivity index (χ1n) is 10.8. The molecule has 0 saturated carbocycles. The van der Waals surface area contributed by atoms with E-state index in [-0.39, 0.29) is 29.1 Å². The van der Waals surface area contributed by atoms with Gasteiger partial charge in [0, 0.05) is 29.9 Å². The molecule has 1 N–H and O–H groups in total. The number of aliphatic hydroxyl groups is 1. The number of rotatable bonds is 8. The molecule has 0 aliphatic heterocycles. The van der Waals surface area contributed by atoms with Crippen molar-refractivity contribution in [3.8, 4) is 5.75 Å². The highest BCUT2D eigenvalue weighted by molar-refractivity contribution is 7.91. The number of benzene rings is 2. The fourth-order valence-corrected chi connectivity index (χ4v) is 4.96. The second kappa shape index (κ2) is 11.1. The van der Waals surface area contributed by atoms with Crippen molar-refractivity contribution in [3.63, 3.8) is 0 Å². The van der Waals surface area contributed by atoms with Crippen molar-refractivity contribution >= 4 is 15.8 Å². The van der Waals surface area contributed by atoms with E-state index in [4.69, 9.17) is 4.74 Å². The molecule has 8 nitrogen and oxygen atoms in total. The Kier molecular flexibility index (Phi) is 9.14. The minimum Gasteiger partial charge on any atom is -1.00 e. The minimum atomic E-state index is -3.81. The number of carbonyl (C=O) groups is 1. The Labute approximate surface area is 219 Å². The summed E-state index contributed by atoms with van der Waals surface area (Å²) in [7, 11) is -3.81. The number of aryl methyl sites for hydroxylation is 2. The summed E-state index contributed by atoms with van der Waals surface area (Å²) in [6.45, 7) is 6.25. The zero-order valence-electron chi connectivity index (χ0n) is 20.5. The molecule has 0 aliphatic carbocycles. The summed E-state index contributed by atoms with van der Waals surface area (Å²) in [5.41, 5.74) is -0.0951. The lowest BCUT2D eigenvalue weighted by Crippen LogP contribution is -3.00. The van der Waals surface area contributed by atoms with Crippen molar-refractivity contribution < 1.29 is 53.4 Å². The van der Waals surface area contributed by atoms with Gasteiger partial charge in [0.2, 0.25) is 6.33 Å². The van der Waals surface area contributed by atoms with Gasteiger partial charge < -0.3 is 26.8 Å². The molecule has 1 heterocycles. The number of carbonyl (C=O) groups excluding carboxylic acids is 1. The van der Waals surface area contributed by atoms with E-state index in [1.807, 2.05) is 26.0 Å². The van der Waals surface area contributed by atoms with Crippen LogP contribution in [-0.2, 0) is 33.3 Å². The maximum absolute atomic E-state index is 14.6. The van der Waals surface area contributed by atoms with E-state index >= 15 is 0 Å². The van der Waals surface area contributed by atoms with Gasteiger partial charge in [-0.15, -0.1) is 4.68 Å². The zero-order valence-corrected chi connectivity index (χ0v) is 22.9. The number of hydrogen-bond acceptors (Lipinski definition) is 6. The van der Waals surface area contributed by atoms with Crippen molar-refractivity contribution in [1.82, 2.24) is 9.78 Å². The standard InChI is InChI=1S/C24H28F2N3O5S.BrH/c1-15-8-19(9-16(2)23(15)34-18(4)30)11-28-13-27-29(14-28)12-24(31,17(3)35(5,32)33)21-7-6-20(25)10-22(21)26;/h6-10,13-14,17,31H,11-12H2,1-5H3;1H/q+1;/p-1/t17-,24+;/m1./s1. The zero-order chi connectivity index (χ0) is 26.1. The third-order valence-electron chi connectivity index (χ3n) is 5.88. The molecular weight excluding hydrogens is 560 g/mol. The van der Waals surface area contributed by atoms with Crippen molar-refractivity contribution in [2.24, 2.45) is 0 Å². The highest BCUT2D eigenvalue weighted by atomic mass is 79.9. The van der Waals surface area contributed by atoms with Crippen molar-refractivity contribution in [2.45, 2.75) is 51.6 Å². The molecule has 36 heavy (non-hydrogen) atoms. The lowest BCUT2D eigenvalue weighted by molar-refractivity contribution is -0.689. The molecule has 0 fully saturated rings. The number of halogens is 3. The normalized spacial score (nSPS) is 14.0. The van der Waals surface area contributed by atoms with E-state index < -0.39 is 38.3 Å². The van der Waals surface area contributed by atoms with E-state index in [0.717, 1.165) is 35.1 Å². The van der Waals surface area contributed by atoms with Crippen molar-refractivity contribution in [3.05, 3.63) is 76.9 Å². The predicted octanol–water partition coefficient (Wildman–Crippen LogP) is -0.636. The van der Waals surface area contributed by atoms with Gasteiger partial charge in [0.1, 0.15) is 29.5 Å². The summed E-state index contributed by atoms with van der Waals surface area (Å²) >= 11 is 0. The quantitative estimate of drug-likeness (QED) is 0.214. The molecule has 196 valence electrons. The molecule has 3 rings (SSSR count). The largest absolute Gasteiger partial charge is 1.00 e. The Morgan fingerprint density at radius 3 is 2.36 bits per heavy atom. The molecular formula is C24H28BrF2N3O5S. The monoisotopic (exact) mass is 587 g/mol. The van der Waals surface area contributed by atoms with E-state index in [1.54, 1.807) is 10.9 Å². The van der Waals surface area contributed by atoms with Crippen LogP contribution in [0, 0.1) is 25.5 Å². The smallest absolute Gasteiger partial charge is 0.308 e. The lowest BCUT2D eigenvalue weighted by atomic mass is 9.90. The van der Waals surface area contributed by atoms with Crippen LogP contribution in [0.5, 0.6) is 5.75 Å². The van der Waals surface area contributed by atoms with E-state index in [0.29, 0.717) is 18.4 Å². The summed E-state index contributed by atoms with van der Waals surface area (Å²) in [4.78, 5) is 11.3. The van der Waals surface area contributed by atoms with Gasteiger partial charge in [-0.05, 0) is 55.7 Å². The summed E-state index contributed by atoms with van der Waals surface area (Å²) < 4.78 is 60.9. The van der Waals surface area contributed by atoms with Crippen LogP contribution >= 0.6 is 0 Å². The lowest BCUT2D eigenvalue weighted by Gasteiger charge is -2.31. The molecule has 0 radical (unpaired) electrons. The van der Waals surface area contributed by atoms with Crippen LogP contribution in [0.2, 0.25) is 0 Å². The maximum Gasteiger partial charge on any atom is 0.308 e. The van der Waals surface area contributed by atoms with Gasteiger partial charge in [0.05, 0.1) is 11.8 Å². The van der Waals surface area contributed by atoms with Crippen LogP contribution in [-0.4, -0.2) is 40.8 Å². The van der Waals surface area contributed by atoms with Gasteiger partial charge in [-0.1, -0.05) is 6.07 Å². The number of aromatic nitrogens is 3. The Balaban J connectivity index is 0.00000456. The fourth-order valence-electron chi connectivity index (χ4n) is 4.05. The molecule has 0 aliphatic rings. The topological polar surface area (TPSA) is 102 Å². The Morgan fingerprint density at radius 1 is 1.22 bits per heavy atom. The van der Waals surface area contributed by atoms with Gasteiger partial charge >= 0.3 is 5.97 Å². The second-order valence-corrected chi connectivity index (χ2v) is 11.2. The van der Waals surface area contributed by atoms with E-state index in [1.165, 1.54) is 24.9 Å². The van der Waals surface area contributed by atoms with Gasteiger partial charge in [0.15, 0.2) is 9.84 Å². The molecule has 0 spiro atoms. The third kappa shape index (κ3) is 6.54. The number of sulfone groups is 1. The Morgan fingerprint density at radius 2 is 1.83 bits per heavy atom. The van der Waals surface area contributed by atoms with Gasteiger partial charge in [-0.2, -0.15) is 0 Å². The molecule has 12 heteroatoms. The fraction of sp³-hybridized carbons (Fsp3) is 0.375. The van der Waals surface area contributed by atoms with Crippen molar-refractivity contribution in [1.29, 1.82) is 0 Å². The molecule has 0 saturated heterocycles. The summed E-state index contributed by atoms with van der Waals surface area (Å²) in [6, 6.07) is 6.34. The molecule has 0 bridgehead atoms. The van der Waals surface area contributed by atoms with Gasteiger partial charge in [-0.25, -0.2) is 21.8 Å². The van der Waals surface area contributed by atoms with E-state index in [2.05, 4.69) is 5.10 Å². The van der Waals surface area contributed by atoms with Crippen LogP contribution in [0.1, 0.15) is 36.1 Å². The average molecular weight is 588 g/mol. The van der Waals surface area contributed by atoms with E-state index in [9.17, 15) is 27.1 Å². The molecule has 2 aromatic carbocycles. The second-order valence-electron chi connectivity index (χ2n) is 8.79. The number of ether oxygens (including phenoxy) is 1. The molecule has 2 atom stereocenters. The molecule has 0 unspecified atom stereocenters. The molecule has 0 amide bonds. The maximum atomic E-state index is 14.6. The van der Waals surface area contributed by atoms with Crippen molar-refractivity contribution in [2.75, 3.05) is 6.26 Å². The van der Waals surface area contributed by atoms with Crippen LogP contribution in [0.3, 0.4) is 0 Å². The van der Waals surface area contributed by atoms with Crippen LogP contribution in [0.25, 0.3) is 0 Å². The minimum absolute atomic E-state index is 0. The third-order valence-corrected chi connectivity index (χ3v) is 7.55. The predicted molar refractivity (Wildman–Crippen MR) is 123 cm³/mol. The summed E-state index contributed by atoms with van der Waals surface area (Å²) in [6.07, 6.45) is 3.97. The SMILES string of the molecule is CC(=O)Oc1c(C)cc(C[n+]2cnn(C[C@@](O)(c3ccc(F)cc3F)[C@@H](C)S(C)(=O)=O)c2)cc1C.[Br-]. The first-order valence-corrected chi connectivity index (χ1v) is 12.7. The van der Waals surface area contributed by atoms with Gasteiger partial charge in [-0.3, -0.25) is 4.79 Å². The number of hydrogen-bond donors (Lipinski definition) is 1. The first kappa shape index (κ1) is 29.5. The van der Waals surface area contributed by atoms with Crippen LogP contribution < -0.4 is 26.3 Å². The first-order chi connectivity index (χ1) is 16.2. The summed E-state index contributed by atoms with van der Waals surface area (Å²) in [5.74, 6) is -1.80. The number of esters is 1. The van der Waals surface area contributed by atoms with Crippen LogP contribution in [0.4, 0.5) is 8.78 Å². The number of nitrogens with zero attached hydrogens (tertiary/aromatic N) is 3. The van der Waals surface area contributed by atoms with Gasteiger partial charge in [0.25, 0.3) is 6.33 Å². The molecule has 1 aromatic heterocycles. The Bertz CT molecular complexity index is 1360. The highest BCUT2D eigenvalue weighted by Gasteiger charge is 2.45. The average Bonchev–Trinajstić information content (AvgIpc) is 3.15. The van der Waals surface area contributed by atoms with Crippen LogP contribution in [0.15, 0.2) is 43.0 Å². The highest BCUT2D eigenvalue weighted by Crippen LogP contribution is 2.33.